The Bertz CT molecular complexity index is 709. The third-order valence-electron chi connectivity index (χ3n) is 3.71. The summed E-state index contributed by atoms with van der Waals surface area (Å²) in [6.07, 6.45) is 5.48. The number of aryl methyl sites for hydroxylation is 2. The highest BCUT2D eigenvalue weighted by atomic mass is 15.1. The van der Waals surface area contributed by atoms with Gasteiger partial charge in [0.1, 0.15) is 17.3 Å². The summed E-state index contributed by atoms with van der Waals surface area (Å²) in [4.78, 5) is 4.78. The Morgan fingerprint density at radius 2 is 1.90 bits per heavy atom. The zero-order chi connectivity index (χ0) is 15.8. The van der Waals surface area contributed by atoms with E-state index in [1.54, 1.807) is 0 Å². The lowest BCUT2D eigenvalue weighted by atomic mass is 9.95. The number of imidazole rings is 1. The SMILES string of the molecule is C#CCn1c(C(C)(C)C)nc(-c2ccc(C)c(C)c2)c1N. The molecule has 0 spiro atoms. The maximum Gasteiger partial charge on any atom is 0.132 e. The van der Waals surface area contributed by atoms with Crippen LogP contribution < -0.4 is 5.73 Å². The van der Waals surface area contributed by atoms with Crippen LogP contribution in [0.4, 0.5) is 5.82 Å². The fourth-order valence-corrected chi connectivity index (χ4v) is 2.39. The highest BCUT2D eigenvalue weighted by molar-refractivity contribution is 5.72. The quantitative estimate of drug-likeness (QED) is 0.853. The molecule has 0 unspecified atom stereocenters. The van der Waals surface area contributed by atoms with Crippen LogP contribution >= 0.6 is 0 Å². The first-order valence-corrected chi connectivity index (χ1v) is 7.13. The Kier molecular flexibility index (Phi) is 3.82. The van der Waals surface area contributed by atoms with Crippen LogP contribution in [0.15, 0.2) is 18.2 Å². The van der Waals surface area contributed by atoms with E-state index in [-0.39, 0.29) is 5.41 Å². The third-order valence-corrected chi connectivity index (χ3v) is 3.71. The van der Waals surface area contributed by atoms with Gasteiger partial charge in [0.15, 0.2) is 0 Å². The van der Waals surface area contributed by atoms with Gasteiger partial charge in [0.25, 0.3) is 0 Å². The summed E-state index contributed by atoms with van der Waals surface area (Å²) in [6.45, 7) is 11.0. The van der Waals surface area contributed by atoms with Crippen molar-refractivity contribution in [1.29, 1.82) is 0 Å². The molecule has 0 fully saturated rings. The van der Waals surface area contributed by atoms with Crippen molar-refractivity contribution in [3.63, 3.8) is 0 Å². The number of rotatable bonds is 2. The predicted molar refractivity (Wildman–Crippen MR) is 89.1 cm³/mol. The molecule has 0 aliphatic heterocycles. The molecule has 0 atom stereocenters. The minimum absolute atomic E-state index is 0.108. The predicted octanol–water partition coefficient (Wildman–Crippen LogP) is 3.68. The molecule has 2 aromatic rings. The van der Waals surface area contributed by atoms with Crippen LogP contribution in [0.2, 0.25) is 0 Å². The molecule has 1 aromatic carbocycles. The van der Waals surface area contributed by atoms with E-state index >= 15 is 0 Å². The van der Waals surface area contributed by atoms with Crippen molar-refractivity contribution in [3.8, 4) is 23.6 Å². The molecule has 0 aliphatic carbocycles. The summed E-state index contributed by atoms with van der Waals surface area (Å²) >= 11 is 0. The lowest BCUT2D eigenvalue weighted by Crippen LogP contribution is -2.19. The van der Waals surface area contributed by atoms with Crippen LogP contribution in [0, 0.1) is 26.2 Å². The van der Waals surface area contributed by atoms with E-state index in [4.69, 9.17) is 17.1 Å². The topological polar surface area (TPSA) is 43.8 Å². The standard InChI is InChI=1S/C18H23N3/c1-7-10-21-16(19)15(20-17(21)18(4,5)6)14-9-8-12(2)13(3)11-14/h1,8-9,11H,10,19H2,2-6H3. The maximum absolute atomic E-state index is 6.31. The molecule has 3 nitrogen and oxygen atoms in total. The van der Waals surface area contributed by atoms with Crippen molar-refractivity contribution >= 4 is 5.82 Å². The molecule has 0 aliphatic rings. The minimum atomic E-state index is -0.108. The Hall–Kier alpha value is -2.21. The van der Waals surface area contributed by atoms with Crippen molar-refractivity contribution in [2.75, 3.05) is 5.73 Å². The van der Waals surface area contributed by atoms with E-state index in [9.17, 15) is 0 Å². The monoisotopic (exact) mass is 281 g/mol. The second kappa shape index (κ2) is 5.29. The number of hydrogen-bond acceptors (Lipinski definition) is 2. The Morgan fingerprint density at radius 3 is 2.43 bits per heavy atom. The summed E-state index contributed by atoms with van der Waals surface area (Å²) in [5, 5.41) is 0. The number of hydrogen-bond donors (Lipinski definition) is 1. The van der Waals surface area contributed by atoms with Crippen molar-refractivity contribution in [2.45, 2.75) is 46.6 Å². The molecule has 2 N–H and O–H groups in total. The molecular formula is C18H23N3. The maximum atomic E-state index is 6.31. The second-order valence-corrected chi connectivity index (χ2v) is 6.51. The average Bonchev–Trinajstić information content (AvgIpc) is 2.71. The molecule has 0 radical (unpaired) electrons. The molecule has 0 saturated heterocycles. The van der Waals surface area contributed by atoms with E-state index in [1.807, 2.05) is 4.57 Å². The molecule has 2 rings (SSSR count). The number of aromatic nitrogens is 2. The minimum Gasteiger partial charge on any atom is -0.383 e. The van der Waals surface area contributed by atoms with E-state index in [0.717, 1.165) is 17.1 Å². The lowest BCUT2D eigenvalue weighted by Gasteiger charge is -2.18. The van der Waals surface area contributed by atoms with Gasteiger partial charge in [-0.2, -0.15) is 0 Å². The largest absolute Gasteiger partial charge is 0.383 e. The second-order valence-electron chi connectivity index (χ2n) is 6.51. The first-order chi connectivity index (χ1) is 9.75. The summed E-state index contributed by atoms with van der Waals surface area (Å²) in [5.41, 5.74) is 10.6. The molecule has 3 heteroatoms. The van der Waals surface area contributed by atoms with E-state index in [2.05, 4.69) is 58.7 Å². The van der Waals surface area contributed by atoms with Gasteiger partial charge >= 0.3 is 0 Å². The summed E-state index contributed by atoms with van der Waals surface area (Å²) < 4.78 is 1.94. The molecule has 1 heterocycles. The summed E-state index contributed by atoms with van der Waals surface area (Å²) in [5.74, 6) is 4.23. The van der Waals surface area contributed by atoms with Gasteiger partial charge in [-0.3, -0.25) is 0 Å². The van der Waals surface area contributed by atoms with Gasteiger partial charge in [-0.25, -0.2) is 4.98 Å². The molecule has 110 valence electrons. The van der Waals surface area contributed by atoms with Crippen molar-refractivity contribution < 1.29 is 0 Å². The summed E-state index contributed by atoms with van der Waals surface area (Å²) in [7, 11) is 0. The summed E-state index contributed by atoms with van der Waals surface area (Å²) in [6, 6.07) is 6.29. The zero-order valence-electron chi connectivity index (χ0n) is 13.5. The molecule has 0 bridgehead atoms. The third kappa shape index (κ3) is 2.80. The van der Waals surface area contributed by atoms with E-state index < -0.39 is 0 Å². The zero-order valence-corrected chi connectivity index (χ0v) is 13.5. The van der Waals surface area contributed by atoms with Gasteiger partial charge in [-0.05, 0) is 31.0 Å². The smallest absolute Gasteiger partial charge is 0.132 e. The van der Waals surface area contributed by atoms with Gasteiger partial charge in [-0.1, -0.05) is 38.8 Å². The van der Waals surface area contributed by atoms with Gasteiger partial charge in [0.2, 0.25) is 0 Å². The fraction of sp³-hybridized carbons (Fsp3) is 0.389. The molecule has 1 aromatic heterocycles. The Labute approximate surface area is 127 Å². The van der Waals surface area contributed by atoms with Crippen molar-refractivity contribution in [2.24, 2.45) is 0 Å². The highest BCUT2D eigenvalue weighted by Gasteiger charge is 2.25. The van der Waals surface area contributed by atoms with Gasteiger partial charge in [0.05, 0.1) is 6.54 Å². The van der Waals surface area contributed by atoms with Crippen LogP contribution in [-0.4, -0.2) is 9.55 Å². The van der Waals surface area contributed by atoms with Crippen molar-refractivity contribution in [1.82, 2.24) is 9.55 Å². The van der Waals surface area contributed by atoms with Crippen LogP contribution in [-0.2, 0) is 12.0 Å². The lowest BCUT2D eigenvalue weighted by molar-refractivity contribution is 0.517. The van der Waals surface area contributed by atoms with E-state index in [1.165, 1.54) is 11.1 Å². The first kappa shape index (κ1) is 15.2. The van der Waals surface area contributed by atoms with Crippen LogP contribution in [0.5, 0.6) is 0 Å². The number of anilines is 1. The number of terminal acetylenes is 1. The number of benzene rings is 1. The van der Waals surface area contributed by atoms with Crippen molar-refractivity contribution in [3.05, 3.63) is 35.2 Å². The van der Waals surface area contributed by atoms with Gasteiger partial charge in [0, 0.05) is 11.0 Å². The number of nitrogens with two attached hydrogens (primary N) is 1. The van der Waals surface area contributed by atoms with E-state index in [0.29, 0.717) is 12.4 Å². The van der Waals surface area contributed by atoms with Gasteiger partial charge < -0.3 is 10.3 Å². The first-order valence-electron chi connectivity index (χ1n) is 7.13. The Morgan fingerprint density at radius 1 is 1.24 bits per heavy atom. The number of nitrogens with zero attached hydrogens (tertiary/aromatic N) is 2. The highest BCUT2D eigenvalue weighted by Crippen LogP contribution is 2.32. The molecular weight excluding hydrogens is 258 g/mol. The van der Waals surface area contributed by atoms with Crippen LogP contribution in [0.25, 0.3) is 11.3 Å². The van der Waals surface area contributed by atoms with Gasteiger partial charge in [-0.15, -0.1) is 6.42 Å². The fourth-order valence-electron chi connectivity index (χ4n) is 2.39. The number of nitrogen functional groups attached to an aromatic ring is 1. The molecule has 21 heavy (non-hydrogen) atoms. The normalized spacial score (nSPS) is 11.4. The Balaban J connectivity index is 2.65. The van der Waals surface area contributed by atoms with Crippen LogP contribution in [0.1, 0.15) is 37.7 Å². The average molecular weight is 281 g/mol. The molecule has 0 saturated carbocycles. The molecule has 0 amide bonds. The van der Waals surface area contributed by atoms with Crippen LogP contribution in [0.3, 0.4) is 0 Å².